The minimum Gasteiger partial charge on any atom is -0.310 e. The Hall–Kier alpha value is -1.61. The van der Waals surface area contributed by atoms with E-state index in [0.29, 0.717) is 12.0 Å². The zero-order chi connectivity index (χ0) is 13.9. The number of aryl methyl sites for hydroxylation is 1. The molecule has 1 aliphatic carbocycles. The Labute approximate surface area is 121 Å². The summed E-state index contributed by atoms with van der Waals surface area (Å²) in [6.07, 6.45) is 5.42. The molecule has 0 bridgehead atoms. The molecule has 0 radical (unpaired) electrons. The van der Waals surface area contributed by atoms with E-state index in [4.69, 9.17) is 0 Å². The number of benzene rings is 1. The van der Waals surface area contributed by atoms with Gasteiger partial charge in [-0.25, -0.2) is 0 Å². The average molecular weight is 269 g/mol. The van der Waals surface area contributed by atoms with Crippen LogP contribution in [0.4, 0.5) is 0 Å². The summed E-state index contributed by atoms with van der Waals surface area (Å²) in [7, 11) is 1.99. The van der Waals surface area contributed by atoms with Gasteiger partial charge in [-0.15, -0.1) is 0 Å². The lowest BCUT2D eigenvalue weighted by molar-refractivity contribution is 0.383. The summed E-state index contributed by atoms with van der Waals surface area (Å²) in [6, 6.07) is 11.5. The summed E-state index contributed by atoms with van der Waals surface area (Å²) in [5.74, 6) is 0.619. The monoisotopic (exact) mass is 269 g/mol. The van der Waals surface area contributed by atoms with Gasteiger partial charge in [0, 0.05) is 19.3 Å². The molecule has 0 amide bonds. The van der Waals surface area contributed by atoms with Gasteiger partial charge in [-0.05, 0) is 48.9 Å². The molecule has 3 rings (SSSR count). The Balaban J connectivity index is 1.79. The Bertz CT molecular complexity index is 573. The Morgan fingerprint density at radius 2 is 2.15 bits per heavy atom. The smallest absolute Gasteiger partial charge is 0.0628 e. The van der Waals surface area contributed by atoms with Crippen molar-refractivity contribution in [3.8, 4) is 0 Å². The summed E-state index contributed by atoms with van der Waals surface area (Å²) >= 11 is 0. The predicted molar refractivity (Wildman–Crippen MR) is 81.6 cm³/mol. The third-order valence-electron chi connectivity index (χ3n) is 4.20. The second kappa shape index (κ2) is 5.80. The van der Waals surface area contributed by atoms with E-state index in [9.17, 15) is 0 Å². The number of hydrogen-bond acceptors (Lipinski definition) is 2. The van der Waals surface area contributed by atoms with Crippen LogP contribution < -0.4 is 5.32 Å². The molecule has 1 aromatic heterocycles. The van der Waals surface area contributed by atoms with Crippen molar-refractivity contribution in [1.82, 2.24) is 15.1 Å². The Morgan fingerprint density at radius 3 is 2.90 bits per heavy atom. The summed E-state index contributed by atoms with van der Waals surface area (Å²) in [6.45, 7) is 3.30. The summed E-state index contributed by atoms with van der Waals surface area (Å²) in [4.78, 5) is 0. The van der Waals surface area contributed by atoms with Crippen molar-refractivity contribution >= 4 is 0 Å². The van der Waals surface area contributed by atoms with E-state index in [-0.39, 0.29) is 0 Å². The van der Waals surface area contributed by atoms with Crippen molar-refractivity contribution in [1.29, 1.82) is 0 Å². The van der Waals surface area contributed by atoms with Crippen LogP contribution in [-0.4, -0.2) is 16.3 Å². The summed E-state index contributed by atoms with van der Waals surface area (Å²) in [5, 5.41) is 8.27. The Kier molecular flexibility index (Phi) is 3.88. The largest absolute Gasteiger partial charge is 0.310 e. The van der Waals surface area contributed by atoms with Crippen LogP contribution in [0, 0.1) is 5.92 Å². The first kappa shape index (κ1) is 13.4. The number of aromatic nitrogens is 2. The molecule has 0 spiro atoms. The van der Waals surface area contributed by atoms with Crippen LogP contribution in [0.25, 0.3) is 0 Å². The van der Waals surface area contributed by atoms with Gasteiger partial charge in [0.25, 0.3) is 0 Å². The molecule has 1 aliphatic rings. The van der Waals surface area contributed by atoms with Crippen molar-refractivity contribution in [3.05, 3.63) is 53.3 Å². The van der Waals surface area contributed by atoms with Crippen molar-refractivity contribution in [2.45, 2.75) is 32.2 Å². The predicted octanol–water partition coefficient (Wildman–Crippen LogP) is 2.88. The molecule has 20 heavy (non-hydrogen) atoms. The van der Waals surface area contributed by atoms with Gasteiger partial charge in [-0.2, -0.15) is 5.10 Å². The third kappa shape index (κ3) is 2.63. The molecule has 2 atom stereocenters. The molecule has 2 aromatic rings. The quantitative estimate of drug-likeness (QED) is 0.904. The molecule has 0 fully saturated rings. The molecule has 0 saturated heterocycles. The van der Waals surface area contributed by atoms with Crippen molar-refractivity contribution < 1.29 is 0 Å². The maximum Gasteiger partial charge on any atom is 0.0628 e. The van der Waals surface area contributed by atoms with Gasteiger partial charge in [-0.1, -0.05) is 31.2 Å². The van der Waals surface area contributed by atoms with Crippen LogP contribution in [0.5, 0.6) is 0 Å². The average Bonchev–Trinajstić information content (AvgIpc) is 3.00. The topological polar surface area (TPSA) is 29.9 Å². The van der Waals surface area contributed by atoms with E-state index in [1.54, 1.807) is 0 Å². The second-order valence-electron chi connectivity index (χ2n) is 5.78. The molecule has 3 nitrogen and oxygen atoms in total. The first-order chi connectivity index (χ1) is 9.78. The van der Waals surface area contributed by atoms with E-state index >= 15 is 0 Å². The lowest BCUT2D eigenvalue weighted by Crippen LogP contribution is -2.27. The van der Waals surface area contributed by atoms with Gasteiger partial charge >= 0.3 is 0 Å². The first-order valence-electron chi connectivity index (χ1n) is 7.57. The summed E-state index contributed by atoms with van der Waals surface area (Å²) < 4.78 is 1.89. The van der Waals surface area contributed by atoms with Crippen LogP contribution in [0.3, 0.4) is 0 Å². The molecular formula is C17H23N3. The van der Waals surface area contributed by atoms with Gasteiger partial charge in [0.15, 0.2) is 0 Å². The van der Waals surface area contributed by atoms with Crippen LogP contribution in [-0.2, 0) is 19.9 Å². The highest BCUT2D eigenvalue weighted by molar-refractivity contribution is 5.36. The minimum absolute atomic E-state index is 0.480. The van der Waals surface area contributed by atoms with Gasteiger partial charge in [0.2, 0.25) is 0 Å². The van der Waals surface area contributed by atoms with Gasteiger partial charge in [0.1, 0.15) is 0 Å². The molecule has 1 heterocycles. The molecule has 0 aliphatic heterocycles. The minimum atomic E-state index is 0.480. The van der Waals surface area contributed by atoms with Gasteiger partial charge < -0.3 is 5.32 Å². The lowest BCUT2D eigenvalue weighted by atomic mass is 9.95. The highest BCUT2D eigenvalue weighted by Crippen LogP contribution is 2.37. The molecular weight excluding hydrogens is 246 g/mol. The molecule has 2 unspecified atom stereocenters. The van der Waals surface area contributed by atoms with E-state index in [2.05, 4.69) is 47.7 Å². The molecule has 106 valence electrons. The van der Waals surface area contributed by atoms with Crippen molar-refractivity contribution in [2.24, 2.45) is 13.0 Å². The maximum absolute atomic E-state index is 4.54. The molecule has 1 N–H and O–H groups in total. The SMILES string of the molecule is CCCNC1c2ccccc2CC1Cc1ccn(C)n1. The third-order valence-corrected chi connectivity index (χ3v) is 4.20. The second-order valence-corrected chi connectivity index (χ2v) is 5.78. The number of fused-ring (bicyclic) bond motifs is 1. The number of rotatable bonds is 5. The maximum atomic E-state index is 4.54. The fourth-order valence-corrected chi connectivity index (χ4v) is 3.28. The van der Waals surface area contributed by atoms with E-state index < -0.39 is 0 Å². The van der Waals surface area contributed by atoms with Crippen LogP contribution in [0.15, 0.2) is 36.5 Å². The highest BCUT2D eigenvalue weighted by atomic mass is 15.2. The van der Waals surface area contributed by atoms with Crippen LogP contribution in [0.1, 0.15) is 36.2 Å². The first-order valence-corrected chi connectivity index (χ1v) is 7.57. The standard InChI is InChI=1S/C17H23N3/c1-3-9-18-17-14(12-15-8-10-20(2)19-15)11-13-6-4-5-7-16(13)17/h4-8,10,14,17-18H,3,9,11-12H2,1-2H3. The molecule has 1 aromatic carbocycles. The van der Waals surface area contributed by atoms with Crippen molar-refractivity contribution in [3.63, 3.8) is 0 Å². The van der Waals surface area contributed by atoms with Crippen LogP contribution >= 0.6 is 0 Å². The summed E-state index contributed by atoms with van der Waals surface area (Å²) in [5.41, 5.74) is 4.19. The van der Waals surface area contributed by atoms with Crippen LogP contribution in [0.2, 0.25) is 0 Å². The fraction of sp³-hybridized carbons (Fsp3) is 0.471. The fourth-order valence-electron chi connectivity index (χ4n) is 3.28. The normalized spacial score (nSPS) is 21.1. The zero-order valence-corrected chi connectivity index (χ0v) is 12.3. The number of nitrogens with one attached hydrogen (secondary N) is 1. The number of hydrogen-bond donors (Lipinski definition) is 1. The molecule has 3 heteroatoms. The van der Waals surface area contributed by atoms with Crippen molar-refractivity contribution in [2.75, 3.05) is 6.54 Å². The van der Waals surface area contributed by atoms with E-state index in [1.807, 2.05) is 17.9 Å². The molecule has 0 saturated carbocycles. The Morgan fingerprint density at radius 1 is 1.30 bits per heavy atom. The van der Waals surface area contributed by atoms with E-state index in [0.717, 1.165) is 19.4 Å². The zero-order valence-electron chi connectivity index (χ0n) is 12.3. The lowest BCUT2D eigenvalue weighted by Gasteiger charge is -2.21. The van der Waals surface area contributed by atoms with E-state index in [1.165, 1.54) is 23.2 Å². The highest BCUT2D eigenvalue weighted by Gasteiger charge is 2.31. The number of nitrogens with zero attached hydrogens (tertiary/aromatic N) is 2. The van der Waals surface area contributed by atoms with Gasteiger partial charge in [0.05, 0.1) is 5.69 Å². The van der Waals surface area contributed by atoms with Gasteiger partial charge in [-0.3, -0.25) is 4.68 Å².